The fraction of sp³-hybridized carbons (Fsp3) is 0.233. The minimum absolute atomic E-state index is 0.00315. The van der Waals surface area contributed by atoms with Crippen LogP contribution in [-0.4, -0.2) is 15.9 Å². The number of nitro benzene ring substituents is 1. The second kappa shape index (κ2) is 11.8. The zero-order valence-corrected chi connectivity index (χ0v) is 21.9. The molecule has 0 fully saturated rings. The summed E-state index contributed by atoms with van der Waals surface area (Å²) in [6.07, 6.45) is 3.74. The first-order valence-corrected chi connectivity index (χ1v) is 12.9. The van der Waals surface area contributed by atoms with Gasteiger partial charge in [0.1, 0.15) is 5.69 Å². The lowest BCUT2D eigenvalue weighted by molar-refractivity contribution is -0.384. The Balaban J connectivity index is 1.65. The quantitative estimate of drug-likeness (QED) is 0.110. The van der Waals surface area contributed by atoms with E-state index in [2.05, 4.69) is 29.4 Å². The maximum absolute atomic E-state index is 13.1. The predicted molar refractivity (Wildman–Crippen MR) is 153 cm³/mol. The lowest BCUT2D eigenvalue weighted by Crippen LogP contribution is -2.36. The van der Waals surface area contributed by atoms with Crippen molar-refractivity contribution in [3.8, 4) is 5.75 Å². The van der Waals surface area contributed by atoms with Crippen molar-refractivity contribution in [3.63, 3.8) is 0 Å². The Kier molecular flexibility index (Phi) is 8.31. The molecule has 9 nitrogen and oxygen atoms in total. The molecule has 0 atom stereocenters. The summed E-state index contributed by atoms with van der Waals surface area (Å²) in [6, 6.07) is 21.9. The van der Waals surface area contributed by atoms with Crippen LogP contribution in [0, 0.1) is 10.1 Å². The molecular weight excluding hydrogens is 494 g/mol. The maximum Gasteiger partial charge on any atom is 0.269 e. The Morgan fingerprint density at radius 3 is 2.23 bits per heavy atom. The number of hydrogen-bond acceptors (Lipinski definition) is 7. The SMILES string of the molecule is CCCC(N)(CCC)c1ccc(N=Nc2c(O)c(C(=O)Nc3ccc([N+](=O)[O-])cc3)cc3ccccc23)cc1. The first kappa shape index (κ1) is 27.4. The summed E-state index contributed by atoms with van der Waals surface area (Å²) in [4.78, 5) is 23.5. The molecule has 0 heterocycles. The Morgan fingerprint density at radius 2 is 1.62 bits per heavy atom. The standard InChI is InChI=1S/C30H31N5O4/c1-3-17-30(31,18-4-2)21-9-11-23(12-10-21)33-34-27-25-8-6-5-7-20(25)19-26(28(27)36)29(37)32-22-13-15-24(16-14-22)35(38)39/h5-16,19,36H,3-4,17-18,31H2,1-2H3,(H,32,37). The lowest BCUT2D eigenvalue weighted by atomic mass is 9.83. The van der Waals surface area contributed by atoms with E-state index in [1.807, 2.05) is 42.5 Å². The average molecular weight is 526 g/mol. The van der Waals surface area contributed by atoms with Gasteiger partial charge in [-0.15, -0.1) is 5.11 Å². The third kappa shape index (κ3) is 6.10. The molecule has 0 saturated heterocycles. The Bertz CT molecular complexity index is 1510. The number of carbonyl (C=O) groups excluding carboxylic acids is 1. The Morgan fingerprint density at radius 1 is 0.974 bits per heavy atom. The molecule has 1 amide bonds. The molecule has 39 heavy (non-hydrogen) atoms. The lowest BCUT2D eigenvalue weighted by Gasteiger charge is -2.29. The third-order valence-electron chi connectivity index (χ3n) is 6.68. The van der Waals surface area contributed by atoms with E-state index in [1.54, 1.807) is 12.1 Å². The van der Waals surface area contributed by atoms with E-state index < -0.39 is 10.8 Å². The number of fused-ring (bicyclic) bond motifs is 1. The fourth-order valence-corrected chi connectivity index (χ4v) is 4.73. The molecule has 0 spiro atoms. The molecule has 0 aliphatic heterocycles. The largest absolute Gasteiger partial charge is 0.505 e. The smallest absolute Gasteiger partial charge is 0.269 e. The van der Waals surface area contributed by atoms with Crippen LogP contribution in [0.3, 0.4) is 0 Å². The van der Waals surface area contributed by atoms with E-state index in [0.29, 0.717) is 22.1 Å². The molecule has 0 radical (unpaired) electrons. The van der Waals surface area contributed by atoms with Gasteiger partial charge in [0.2, 0.25) is 0 Å². The Hall–Kier alpha value is -4.63. The molecular formula is C30H31N5O4. The summed E-state index contributed by atoms with van der Waals surface area (Å²) >= 11 is 0. The van der Waals surface area contributed by atoms with Crippen LogP contribution in [0.5, 0.6) is 5.75 Å². The fourth-order valence-electron chi connectivity index (χ4n) is 4.73. The molecule has 0 bridgehead atoms. The van der Waals surface area contributed by atoms with Gasteiger partial charge in [0, 0.05) is 28.7 Å². The number of nitrogens with zero attached hydrogens (tertiary/aromatic N) is 3. The van der Waals surface area contributed by atoms with E-state index in [9.17, 15) is 20.0 Å². The van der Waals surface area contributed by atoms with Crippen LogP contribution in [0.2, 0.25) is 0 Å². The Labute approximate surface area is 226 Å². The number of nitrogens with one attached hydrogen (secondary N) is 1. The van der Waals surface area contributed by atoms with E-state index in [4.69, 9.17) is 5.73 Å². The van der Waals surface area contributed by atoms with Crippen LogP contribution >= 0.6 is 0 Å². The van der Waals surface area contributed by atoms with Gasteiger partial charge in [-0.1, -0.05) is 63.1 Å². The van der Waals surface area contributed by atoms with Crippen LogP contribution < -0.4 is 11.1 Å². The third-order valence-corrected chi connectivity index (χ3v) is 6.68. The number of phenolic OH excluding ortho intramolecular Hbond substituents is 1. The number of benzene rings is 4. The highest BCUT2D eigenvalue weighted by molar-refractivity contribution is 6.11. The van der Waals surface area contributed by atoms with Crippen molar-refractivity contribution in [2.45, 2.75) is 45.1 Å². The van der Waals surface area contributed by atoms with E-state index >= 15 is 0 Å². The van der Waals surface area contributed by atoms with Crippen molar-refractivity contribution >= 4 is 39.4 Å². The molecule has 0 aromatic heterocycles. The van der Waals surface area contributed by atoms with E-state index in [0.717, 1.165) is 31.2 Å². The van der Waals surface area contributed by atoms with Crippen molar-refractivity contribution in [2.75, 3.05) is 5.32 Å². The van der Waals surface area contributed by atoms with Gasteiger partial charge in [-0.2, -0.15) is 5.11 Å². The minimum atomic E-state index is -0.584. The van der Waals surface area contributed by atoms with Crippen molar-refractivity contribution < 1.29 is 14.8 Å². The average Bonchev–Trinajstić information content (AvgIpc) is 2.93. The van der Waals surface area contributed by atoms with Crippen LogP contribution in [0.4, 0.5) is 22.7 Å². The molecule has 4 N–H and O–H groups in total. The molecule has 0 saturated carbocycles. The van der Waals surface area contributed by atoms with Crippen molar-refractivity contribution in [3.05, 3.63) is 100 Å². The number of nitrogens with two attached hydrogens (primary N) is 1. The van der Waals surface area contributed by atoms with Gasteiger partial charge in [-0.25, -0.2) is 0 Å². The second-order valence-corrected chi connectivity index (χ2v) is 9.50. The zero-order valence-electron chi connectivity index (χ0n) is 21.9. The van der Waals surface area contributed by atoms with Gasteiger partial charge in [-0.05, 0) is 54.1 Å². The molecule has 0 unspecified atom stereocenters. The van der Waals surface area contributed by atoms with Gasteiger partial charge in [0.15, 0.2) is 5.75 Å². The van der Waals surface area contributed by atoms with Crippen molar-refractivity contribution in [1.82, 2.24) is 0 Å². The summed E-state index contributed by atoms with van der Waals surface area (Å²) in [6.45, 7) is 4.24. The monoisotopic (exact) mass is 525 g/mol. The molecule has 4 rings (SSSR count). The number of rotatable bonds is 10. The highest BCUT2D eigenvalue weighted by Crippen LogP contribution is 2.40. The van der Waals surface area contributed by atoms with E-state index in [-0.39, 0.29) is 28.2 Å². The predicted octanol–water partition coefficient (Wildman–Crippen LogP) is 7.88. The van der Waals surface area contributed by atoms with Gasteiger partial charge in [-0.3, -0.25) is 14.9 Å². The summed E-state index contributed by atoms with van der Waals surface area (Å²) in [5, 5.41) is 34.7. The first-order valence-electron chi connectivity index (χ1n) is 12.9. The second-order valence-electron chi connectivity index (χ2n) is 9.50. The number of anilines is 1. The van der Waals surface area contributed by atoms with Gasteiger partial charge >= 0.3 is 0 Å². The topological polar surface area (TPSA) is 143 Å². The summed E-state index contributed by atoms with van der Waals surface area (Å²) in [5.74, 6) is -0.903. The molecule has 0 aliphatic carbocycles. The maximum atomic E-state index is 13.1. The number of hydrogen-bond donors (Lipinski definition) is 3. The molecule has 9 heteroatoms. The van der Waals surface area contributed by atoms with Crippen LogP contribution in [0.25, 0.3) is 10.8 Å². The van der Waals surface area contributed by atoms with Gasteiger partial charge < -0.3 is 16.2 Å². The highest BCUT2D eigenvalue weighted by atomic mass is 16.6. The normalized spacial score (nSPS) is 11.7. The van der Waals surface area contributed by atoms with Crippen LogP contribution in [0.1, 0.15) is 55.5 Å². The van der Waals surface area contributed by atoms with Gasteiger partial charge in [0.25, 0.3) is 11.6 Å². The zero-order chi connectivity index (χ0) is 28.0. The number of non-ortho nitro benzene ring substituents is 1. The number of amides is 1. The first-order chi connectivity index (χ1) is 18.8. The summed E-state index contributed by atoms with van der Waals surface area (Å²) < 4.78 is 0. The number of phenols is 1. The molecule has 4 aromatic rings. The molecule has 0 aliphatic rings. The molecule has 200 valence electrons. The van der Waals surface area contributed by atoms with Gasteiger partial charge in [0.05, 0.1) is 16.2 Å². The van der Waals surface area contributed by atoms with E-state index in [1.165, 1.54) is 24.3 Å². The number of aromatic hydroxyl groups is 1. The number of azo groups is 1. The number of nitro groups is 1. The number of carbonyl (C=O) groups is 1. The summed E-state index contributed by atoms with van der Waals surface area (Å²) in [7, 11) is 0. The molecule has 4 aromatic carbocycles. The van der Waals surface area contributed by atoms with Crippen molar-refractivity contribution in [2.24, 2.45) is 16.0 Å². The van der Waals surface area contributed by atoms with Crippen LogP contribution in [0.15, 0.2) is 89.1 Å². The van der Waals surface area contributed by atoms with Crippen molar-refractivity contribution in [1.29, 1.82) is 0 Å². The minimum Gasteiger partial charge on any atom is -0.505 e. The summed E-state index contributed by atoms with van der Waals surface area (Å²) in [5.41, 5.74) is 8.36. The highest BCUT2D eigenvalue weighted by Gasteiger charge is 2.25. The van der Waals surface area contributed by atoms with Crippen LogP contribution in [-0.2, 0) is 5.54 Å².